The summed E-state index contributed by atoms with van der Waals surface area (Å²) in [6, 6.07) is 7.57. The molecule has 1 spiro atoms. The normalized spacial score (nSPS) is 24.8. The van der Waals surface area contributed by atoms with Crippen LogP contribution in [0.3, 0.4) is 0 Å². The summed E-state index contributed by atoms with van der Waals surface area (Å²) in [4.78, 5) is 12.3. The van der Waals surface area contributed by atoms with Gasteiger partial charge < -0.3 is 14.8 Å². The summed E-state index contributed by atoms with van der Waals surface area (Å²) in [6.07, 6.45) is 3.66. The third kappa shape index (κ3) is 2.90. The maximum atomic E-state index is 12.3. The van der Waals surface area contributed by atoms with Gasteiger partial charge in [-0.2, -0.15) is 0 Å². The average molecular weight is 340 g/mol. The fourth-order valence-corrected chi connectivity index (χ4v) is 3.45. The Morgan fingerprint density at radius 1 is 1.30 bits per heavy atom. The maximum Gasteiger partial charge on any atom is 0.252 e. The third-order valence-electron chi connectivity index (χ3n) is 3.93. The van der Waals surface area contributed by atoms with Gasteiger partial charge in [0.2, 0.25) is 0 Å². The first-order chi connectivity index (χ1) is 9.69. The van der Waals surface area contributed by atoms with Crippen molar-refractivity contribution in [3.8, 4) is 0 Å². The van der Waals surface area contributed by atoms with Gasteiger partial charge >= 0.3 is 0 Å². The van der Waals surface area contributed by atoms with Crippen LogP contribution in [0.5, 0.6) is 0 Å². The van der Waals surface area contributed by atoms with Gasteiger partial charge in [-0.05, 0) is 40.9 Å². The van der Waals surface area contributed by atoms with Crippen LogP contribution < -0.4 is 5.32 Å². The second-order valence-corrected chi connectivity index (χ2v) is 6.21. The van der Waals surface area contributed by atoms with Crippen LogP contribution in [0.15, 0.2) is 28.7 Å². The van der Waals surface area contributed by atoms with Crippen LogP contribution in [-0.2, 0) is 9.47 Å². The lowest BCUT2D eigenvalue weighted by Crippen LogP contribution is -2.46. The van der Waals surface area contributed by atoms with Crippen LogP contribution in [-0.4, -0.2) is 30.9 Å². The van der Waals surface area contributed by atoms with Crippen molar-refractivity contribution in [1.29, 1.82) is 0 Å². The minimum absolute atomic E-state index is 0.0440. The second kappa shape index (κ2) is 5.84. The van der Waals surface area contributed by atoms with E-state index in [9.17, 15) is 4.79 Å². The van der Waals surface area contributed by atoms with E-state index in [1.807, 2.05) is 24.3 Å². The van der Waals surface area contributed by atoms with Crippen LogP contribution in [0.25, 0.3) is 0 Å². The lowest BCUT2D eigenvalue weighted by Gasteiger charge is -2.36. The van der Waals surface area contributed by atoms with E-state index < -0.39 is 5.79 Å². The Morgan fingerprint density at radius 2 is 2.05 bits per heavy atom. The van der Waals surface area contributed by atoms with E-state index in [2.05, 4.69) is 21.2 Å². The molecule has 1 atom stereocenters. The topological polar surface area (TPSA) is 47.6 Å². The van der Waals surface area contributed by atoms with E-state index >= 15 is 0 Å². The highest BCUT2D eigenvalue weighted by molar-refractivity contribution is 9.10. The lowest BCUT2D eigenvalue weighted by molar-refractivity contribution is -0.181. The fourth-order valence-electron chi connectivity index (χ4n) is 2.99. The van der Waals surface area contributed by atoms with E-state index in [0.717, 1.165) is 30.2 Å². The quantitative estimate of drug-likeness (QED) is 0.901. The van der Waals surface area contributed by atoms with E-state index in [0.29, 0.717) is 18.8 Å². The van der Waals surface area contributed by atoms with Gasteiger partial charge in [0.1, 0.15) is 0 Å². The van der Waals surface area contributed by atoms with E-state index in [1.165, 1.54) is 0 Å². The molecule has 1 heterocycles. The van der Waals surface area contributed by atoms with E-state index in [1.54, 1.807) is 0 Å². The summed E-state index contributed by atoms with van der Waals surface area (Å²) in [5, 5.41) is 3.10. The highest BCUT2D eigenvalue weighted by atomic mass is 79.9. The average Bonchev–Trinajstić information content (AvgIpc) is 2.87. The standard InChI is InChI=1S/C15H18BrNO3/c16-13-6-2-1-5-12(13)14(18)17-11-4-3-7-15(10-11)19-8-9-20-15/h1-2,5-6,11H,3-4,7-10H2,(H,17,18)/t11-/m1/s1. The van der Waals surface area contributed by atoms with Crippen molar-refractivity contribution in [2.45, 2.75) is 37.5 Å². The van der Waals surface area contributed by atoms with Gasteiger partial charge in [0, 0.05) is 23.4 Å². The number of ether oxygens (including phenoxy) is 2. The van der Waals surface area contributed by atoms with E-state index in [4.69, 9.17) is 9.47 Å². The zero-order valence-electron chi connectivity index (χ0n) is 11.2. The molecule has 0 bridgehead atoms. The van der Waals surface area contributed by atoms with Crippen LogP contribution in [0.4, 0.5) is 0 Å². The summed E-state index contributed by atoms with van der Waals surface area (Å²) in [7, 11) is 0. The van der Waals surface area contributed by atoms with Gasteiger partial charge in [0.15, 0.2) is 5.79 Å². The first kappa shape index (κ1) is 14.0. The minimum Gasteiger partial charge on any atom is -0.349 e. The number of halogens is 1. The Hall–Kier alpha value is -0.910. The van der Waals surface area contributed by atoms with Gasteiger partial charge in [0.05, 0.1) is 18.8 Å². The number of hydrogen-bond acceptors (Lipinski definition) is 3. The van der Waals surface area contributed by atoms with Crippen molar-refractivity contribution >= 4 is 21.8 Å². The largest absolute Gasteiger partial charge is 0.349 e. The van der Waals surface area contributed by atoms with Crippen molar-refractivity contribution in [3.05, 3.63) is 34.3 Å². The molecule has 1 aliphatic carbocycles. The summed E-state index contributed by atoms with van der Waals surface area (Å²) in [5.74, 6) is -0.498. The molecule has 1 saturated heterocycles. The number of nitrogens with one attached hydrogen (secondary N) is 1. The van der Waals surface area contributed by atoms with Crippen LogP contribution in [0, 0.1) is 0 Å². The molecule has 2 aliphatic rings. The zero-order valence-corrected chi connectivity index (χ0v) is 12.8. The Labute approximate surface area is 127 Å². The Bertz CT molecular complexity index is 500. The number of carbonyl (C=O) groups is 1. The fraction of sp³-hybridized carbons (Fsp3) is 0.533. The van der Waals surface area contributed by atoms with Gasteiger partial charge in [-0.15, -0.1) is 0 Å². The van der Waals surface area contributed by atoms with Gasteiger partial charge in [-0.1, -0.05) is 12.1 Å². The SMILES string of the molecule is O=C(N[C@@H]1CCCC2(C1)OCCO2)c1ccccc1Br. The predicted molar refractivity (Wildman–Crippen MR) is 78.5 cm³/mol. The van der Waals surface area contributed by atoms with Crippen molar-refractivity contribution < 1.29 is 14.3 Å². The van der Waals surface area contributed by atoms with Crippen molar-refractivity contribution in [2.24, 2.45) is 0 Å². The molecule has 0 aromatic heterocycles. The summed E-state index contributed by atoms with van der Waals surface area (Å²) in [5.41, 5.74) is 0.667. The van der Waals surface area contributed by atoms with Crippen molar-refractivity contribution in [3.63, 3.8) is 0 Å². The first-order valence-electron chi connectivity index (χ1n) is 7.02. The highest BCUT2D eigenvalue weighted by Crippen LogP contribution is 2.35. The molecule has 3 rings (SSSR count). The molecule has 1 aliphatic heterocycles. The van der Waals surface area contributed by atoms with Crippen molar-refractivity contribution in [1.82, 2.24) is 5.32 Å². The first-order valence-corrected chi connectivity index (χ1v) is 7.81. The number of hydrogen-bond donors (Lipinski definition) is 1. The third-order valence-corrected chi connectivity index (χ3v) is 4.63. The Morgan fingerprint density at radius 3 is 2.80 bits per heavy atom. The van der Waals surface area contributed by atoms with Crippen molar-refractivity contribution in [2.75, 3.05) is 13.2 Å². The van der Waals surface area contributed by atoms with Crippen LogP contribution in [0.2, 0.25) is 0 Å². The van der Waals surface area contributed by atoms with Gasteiger partial charge in [-0.25, -0.2) is 0 Å². The molecule has 0 radical (unpaired) electrons. The molecular formula is C15H18BrNO3. The number of rotatable bonds is 2. The molecule has 108 valence electrons. The molecule has 5 heteroatoms. The molecule has 1 saturated carbocycles. The Kier molecular flexibility index (Phi) is 4.10. The predicted octanol–water partition coefficient (Wildman–Crippen LogP) is 2.86. The van der Waals surface area contributed by atoms with Crippen LogP contribution in [0.1, 0.15) is 36.0 Å². The summed E-state index contributed by atoms with van der Waals surface area (Å²) < 4.78 is 12.3. The van der Waals surface area contributed by atoms with Gasteiger partial charge in [-0.3, -0.25) is 4.79 Å². The second-order valence-electron chi connectivity index (χ2n) is 5.35. The minimum atomic E-state index is -0.454. The number of benzene rings is 1. The molecule has 20 heavy (non-hydrogen) atoms. The Balaban J connectivity index is 1.65. The summed E-state index contributed by atoms with van der Waals surface area (Å²) >= 11 is 3.41. The number of carbonyl (C=O) groups excluding carboxylic acids is 1. The van der Waals surface area contributed by atoms with E-state index in [-0.39, 0.29) is 11.9 Å². The monoisotopic (exact) mass is 339 g/mol. The highest BCUT2D eigenvalue weighted by Gasteiger charge is 2.41. The molecule has 1 N–H and O–H groups in total. The van der Waals surface area contributed by atoms with Gasteiger partial charge in [0.25, 0.3) is 5.91 Å². The number of amides is 1. The molecule has 1 amide bonds. The molecule has 2 fully saturated rings. The van der Waals surface area contributed by atoms with Crippen LogP contribution >= 0.6 is 15.9 Å². The summed E-state index contributed by atoms with van der Waals surface area (Å²) in [6.45, 7) is 1.32. The maximum absolute atomic E-state index is 12.3. The smallest absolute Gasteiger partial charge is 0.252 e. The molecular weight excluding hydrogens is 322 g/mol. The molecule has 1 aromatic carbocycles. The lowest BCUT2D eigenvalue weighted by atomic mass is 9.89. The molecule has 0 unspecified atom stereocenters. The molecule has 1 aromatic rings. The molecule has 4 nitrogen and oxygen atoms in total. The zero-order chi connectivity index (χ0) is 14.0.